The second kappa shape index (κ2) is 9.84. The Bertz CT molecular complexity index is 1410. The lowest BCUT2D eigenvalue weighted by Gasteiger charge is -2.35. The van der Waals surface area contributed by atoms with Crippen LogP contribution in [0, 0.1) is 5.82 Å². The first-order valence-corrected chi connectivity index (χ1v) is 11.7. The van der Waals surface area contributed by atoms with Crippen LogP contribution in [0.2, 0.25) is 5.02 Å². The van der Waals surface area contributed by atoms with E-state index in [2.05, 4.69) is 9.97 Å². The van der Waals surface area contributed by atoms with Crippen LogP contribution in [0.4, 0.5) is 10.2 Å². The van der Waals surface area contributed by atoms with Crippen molar-refractivity contribution < 1.29 is 9.18 Å². The molecule has 0 atom stereocenters. The summed E-state index contributed by atoms with van der Waals surface area (Å²) in [6.07, 6.45) is 1.55. The molecule has 4 aromatic rings. The fourth-order valence-electron chi connectivity index (χ4n) is 4.31. The lowest BCUT2D eigenvalue weighted by molar-refractivity contribution is -0.130. The van der Waals surface area contributed by atoms with Gasteiger partial charge in [-0.15, -0.1) is 0 Å². The van der Waals surface area contributed by atoms with E-state index in [-0.39, 0.29) is 28.5 Å². The van der Waals surface area contributed by atoms with Crippen molar-refractivity contribution in [2.75, 3.05) is 31.1 Å². The van der Waals surface area contributed by atoms with Gasteiger partial charge < -0.3 is 9.80 Å². The molecule has 0 N–H and O–H groups in total. The zero-order valence-corrected chi connectivity index (χ0v) is 19.7. The second-order valence-electron chi connectivity index (χ2n) is 8.40. The zero-order chi connectivity index (χ0) is 24.4. The third kappa shape index (κ3) is 4.74. The molecule has 1 amide bonds. The van der Waals surface area contributed by atoms with Crippen molar-refractivity contribution in [3.8, 4) is 0 Å². The predicted octanol–water partition coefficient (Wildman–Crippen LogP) is 3.52. The molecule has 0 aliphatic carbocycles. The van der Waals surface area contributed by atoms with Crippen LogP contribution >= 0.6 is 11.6 Å². The van der Waals surface area contributed by atoms with Gasteiger partial charge in [0.2, 0.25) is 5.91 Å². The number of anilines is 1. The minimum Gasteiger partial charge on any atom is -0.348 e. The molecule has 2 aromatic heterocycles. The highest BCUT2D eigenvalue weighted by Gasteiger charge is 2.26. The van der Waals surface area contributed by atoms with Crippen LogP contribution in [0.5, 0.6) is 0 Å². The van der Waals surface area contributed by atoms with Crippen molar-refractivity contribution in [2.24, 2.45) is 0 Å². The first-order valence-electron chi connectivity index (χ1n) is 11.4. The Kier molecular flexibility index (Phi) is 6.46. The van der Waals surface area contributed by atoms with Crippen LogP contribution in [0.3, 0.4) is 0 Å². The normalized spacial score (nSPS) is 13.9. The smallest absolute Gasteiger partial charge is 0.295 e. The van der Waals surface area contributed by atoms with Gasteiger partial charge in [0.25, 0.3) is 5.56 Å². The summed E-state index contributed by atoms with van der Waals surface area (Å²) in [7, 11) is 0. The fraction of sp³-hybridized carbons (Fsp3) is 0.231. The lowest BCUT2D eigenvalue weighted by atomic mass is 10.1. The van der Waals surface area contributed by atoms with Crippen molar-refractivity contribution in [1.82, 2.24) is 19.4 Å². The Hall–Kier alpha value is -3.78. The Morgan fingerprint density at radius 1 is 0.971 bits per heavy atom. The van der Waals surface area contributed by atoms with Crippen LogP contribution in [0.15, 0.2) is 71.7 Å². The number of piperazine rings is 1. The number of carbonyl (C=O) groups is 1. The van der Waals surface area contributed by atoms with Gasteiger partial charge >= 0.3 is 0 Å². The molecular formula is C26H23ClFN5O2. The SMILES string of the molecule is O=C(Cc1c(F)cccc1Cl)N1CCN(c2nc3cccnc3n(Cc3ccccc3)c2=O)CC1. The molecule has 5 rings (SSSR count). The molecule has 0 bridgehead atoms. The minimum atomic E-state index is -0.488. The average molecular weight is 492 g/mol. The van der Waals surface area contributed by atoms with Crippen molar-refractivity contribution in [3.05, 3.63) is 99.2 Å². The molecule has 0 unspecified atom stereocenters. The topological polar surface area (TPSA) is 71.3 Å². The van der Waals surface area contributed by atoms with Gasteiger partial charge in [-0.3, -0.25) is 14.2 Å². The minimum absolute atomic E-state index is 0.102. The molecule has 178 valence electrons. The summed E-state index contributed by atoms with van der Waals surface area (Å²) in [5, 5.41) is 0.241. The van der Waals surface area contributed by atoms with E-state index in [1.54, 1.807) is 27.8 Å². The van der Waals surface area contributed by atoms with Crippen LogP contribution in [-0.4, -0.2) is 51.5 Å². The van der Waals surface area contributed by atoms with E-state index in [9.17, 15) is 14.0 Å². The van der Waals surface area contributed by atoms with Crippen molar-refractivity contribution in [1.29, 1.82) is 0 Å². The Morgan fingerprint density at radius 3 is 2.49 bits per heavy atom. The van der Waals surface area contributed by atoms with Gasteiger partial charge in [-0.1, -0.05) is 48.0 Å². The molecule has 7 nitrogen and oxygen atoms in total. The van der Waals surface area contributed by atoms with Gasteiger partial charge in [0.1, 0.15) is 11.3 Å². The number of hydrogen-bond donors (Lipinski definition) is 0. The Morgan fingerprint density at radius 2 is 1.74 bits per heavy atom. The molecule has 35 heavy (non-hydrogen) atoms. The maximum atomic E-state index is 14.1. The molecule has 0 radical (unpaired) electrons. The highest BCUT2D eigenvalue weighted by Crippen LogP contribution is 2.21. The van der Waals surface area contributed by atoms with Crippen LogP contribution < -0.4 is 10.5 Å². The van der Waals surface area contributed by atoms with Gasteiger partial charge in [-0.2, -0.15) is 0 Å². The summed E-state index contributed by atoms with van der Waals surface area (Å²) in [4.78, 5) is 38.9. The summed E-state index contributed by atoms with van der Waals surface area (Å²) >= 11 is 6.08. The fourth-order valence-corrected chi connectivity index (χ4v) is 4.54. The number of benzene rings is 2. The van der Waals surface area contributed by atoms with Gasteiger partial charge in [0, 0.05) is 43.0 Å². The predicted molar refractivity (Wildman–Crippen MR) is 133 cm³/mol. The molecule has 9 heteroatoms. The maximum absolute atomic E-state index is 14.1. The van der Waals surface area contributed by atoms with E-state index in [4.69, 9.17) is 11.6 Å². The van der Waals surface area contributed by atoms with Gasteiger partial charge in [0.15, 0.2) is 11.5 Å². The number of nitrogens with zero attached hydrogens (tertiary/aromatic N) is 5. The quantitative estimate of drug-likeness (QED) is 0.427. The number of aromatic nitrogens is 3. The maximum Gasteiger partial charge on any atom is 0.295 e. The molecule has 3 heterocycles. The number of hydrogen-bond acceptors (Lipinski definition) is 5. The highest BCUT2D eigenvalue weighted by atomic mass is 35.5. The van der Waals surface area contributed by atoms with E-state index in [0.717, 1.165) is 5.56 Å². The van der Waals surface area contributed by atoms with Crippen LogP contribution in [-0.2, 0) is 17.8 Å². The molecule has 1 saturated heterocycles. The molecule has 0 saturated carbocycles. The molecule has 0 spiro atoms. The first kappa shape index (κ1) is 23.0. The highest BCUT2D eigenvalue weighted by molar-refractivity contribution is 6.31. The van der Waals surface area contributed by atoms with E-state index >= 15 is 0 Å². The molecule has 1 fully saturated rings. The Balaban J connectivity index is 1.37. The van der Waals surface area contributed by atoms with Gasteiger partial charge in [0.05, 0.1) is 13.0 Å². The number of rotatable bonds is 5. The first-order chi connectivity index (χ1) is 17.0. The van der Waals surface area contributed by atoms with E-state index in [1.807, 2.05) is 41.3 Å². The monoisotopic (exact) mass is 491 g/mol. The van der Waals surface area contributed by atoms with E-state index < -0.39 is 5.82 Å². The molecular weight excluding hydrogens is 469 g/mol. The number of carbonyl (C=O) groups excluding carboxylic acids is 1. The third-order valence-electron chi connectivity index (χ3n) is 6.19. The summed E-state index contributed by atoms with van der Waals surface area (Å²) in [5.74, 6) is -0.350. The zero-order valence-electron chi connectivity index (χ0n) is 18.9. The summed E-state index contributed by atoms with van der Waals surface area (Å²) < 4.78 is 15.8. The van der Waals surface area contributed by atoms with Gasteiger partial charge in [-0.05, 0) is 29.8 Å². The molecule has 2 aromatic carbocycles. The molecule has 1 aliphatic heterocycles. The summed E-state index contributed by atoms with van der Waals surface area (Å²) in [6.45, 7) is 2.06. The number of halogens is 2. The van der Waals surface area contributed by atoms with Crippen LogP contribution in [0.1, 0.15) is 11.1 Å². The summed E-state index contributed by atoms with van der Waals surface area (Å²) in [5.41, 5.74) is 2.12. The molecule has 1 aliphatic rings. The lowest BCUT2D eigenvalue weighted by Crippen LogP contribution is -2.51. The van der Waals surface area contributed by atoms with Crippen molar-refractivity contribution >= 4 is 34.5 Å². The average Bonchev–Trinajstić information content (AvgIpc) is 2.88. The number of fused-ring (bicyclic) bond motifs is 1. The summed E-state index contributed by atoms with van der Waals surface area (Å²) in [6, 6.07) is 17.7. The van der Waals surface area contributed by atoms with Gasteiger partial charge in [-0.25, -0.2) is 14.4 Å². The van der Waals surface area contributed by atoms with E-state index in [1.165, 1.54) is 12.1 Å². The van der Waals surface area contributed by atoms with Crippen molar-refractivity contribution in [2.45, 2.75) is 13.0 Å². The number of pyridine rings is 1. The van der Waals surface area contributed by atoms with Crippen molar-refractivity contribution in [3.63, 3.8) is 0 Å². The third-order valence-corrected chi connectivity index (χ3v) is 6.54. The standard InChI is InChI=1S/C26H23ClFN5O2/c27-20-8-4-9-21(28)19(20)16-23(34)31-12-14-32(15-13-31)25-26(35)33(17-18-6-2-1-3-7-18)24-22(30-25)10-5-11-29-24/h1-11H,12-17H2. The van der Waals surface area contributed by atoms with Crippen LogP contribution in [0.25, 0.3) is 11.2 Å². The largest absolute Gasteiger partial charge is 0.348 e. The number of amides is 1. The second-order valence-corrected chi connectivity index (χ2v) is 8.81. The van der Waals surface area contributed by atoms with E-state index in [0.29, 0.717) is 49.7 Å². The Labute approximate surface area is 206 Å².